The summed E-state index contributed by atoms with van der Waals surface area (Å²) in [4.78, 5) is 9.74. The lowest BCUT2D eigenvalue weighted by molar-refractivity contribution is 0.0178. The van der Waals surface area contributed by atoms with Crippen molar-refractivity contribution in [3.05, 3.63) is 12.7 Å². The SMILES string of the molecule is C=CC(N)(N)OC(=O)O. The van der Waals surface area contributed by atoms with Gasteiger partial charge in [0, 0.05) is 0 Å². The van der Waals surface area contributed by atoms with Gasteiger partial charge in [-0.3, -0.25) is 11.5 Å². The zero-order valence-corrected chi connectivity index (χ0v) is 4.70. The highest BCUT2D eigenvalue weighted by Crippen LogP contribution is 1.93. The highest BCUT2D eigenvalue weighted by atomic mass is 16.7. The summed E-state index contributed by atoms with van der Waals surface area (Å²) in [5.74, 6) is -1.77. The fourth-order valence-corrected chi connectivity index (χ4v) is 0.193. The molecule has 0 aromatic rings. The maximum absolute atomic E-state index is 9.74. The average molecular weight is 132 g/mol. The minimum absolute atomic E-state index is 0.987. The van der Waals surface area contributed by atoms with Crippen molar-refractivity contribution >= 4 is 6.16 Å². The summed E-state index contributed by atoms with van der Waals surface area (Å²) in [6.45, 7) is 3.15. The molecule has 0 heterocycles. The standard InChI is InChI=1S/C4H8N2O3/c1-2-4(5,6)9-3(7)8/h2H,1,5-6H2,(H,7,8). The average Bonchev–Trinajstić information content (AvgIpc) is 1.63. The van der Waals surface area contributed by atoms with E-state index in [0.29, 0.717) is 0 Å². The zero-order valence-electron chi connectivity index (χ0n) is 4.70. The van der Waals surface area contributed by atoms with Gasteiger partial charge in [0.2, 0.25) is 5.85 Å². The molecular weight excluding hydrogens is 124 g/mol. The van der Waals surface area contributed by atoms with Gasteiger partial charge in [-0.15, -0.1) is 0 Å². The summed E-state index contributed by atoms with van der Waals surface area (Å²) in [7, 11) is 0. The van der Waals surface area contributed by atoms with E-state index < -0.39 is 12.0 Å². The van der Waals surface area contributed by atoms with Gasteiger partial charge in [-0.05, 0) is 6.08 Å². The number of carbonyl (C=O) groups is 1. The third-order valence-electron chi connectivity index (χ3n) is 0.583. The number of carboxylic acid groups (broad SMARTS) is 1. The van der Waals surface area contributed by atoms with Gasteiger partial charge in [-0.25, -0.2) is 4.79 Å². The molecule has 5 N–H and O–H groups in total. The molecule has 0 radical (unpaired) electrons. The number of rotatable bonds is 2. The van der Waals surface area contributed by atoms with Crippen molar-refractivity contribution in [2.24, 2.45) is 11.5 Å². The predicted octanol–water partition coefficient (Wildman–Crippen LogP) is -0.562. The van der Waals surface area contributed by atoms with Crippen molar-refractivity contribution in [3.8, 4) is 0 Å². The van der Waals surface area contributed by atoms with Crippen LogP contribution in [0.3, 0.4) is 0 Å². The Morgan fingerprint density at radius 3 is 2.33 bits per heavy atom. The first kappa shape index (κ1) is 7.93. The van der Waals surface area contributed by atoms with Crippen molar-refractivity contribution in [1.82, 2.24) is 0 Å². The maximum atomic E-state index is 9.74. The molecule has 52 valence electrons. The zero-order chi connectivity index (χ0) is 7.49. The lowest BCUT2D eigenvalue weighted by atomic mass is 10.4. The Kier molecular flexibility index (Phi) is 2.18. The molecule has 0 fully saturated rings. The molecule has 5 heteroatoms. The second-order valence-corrected chi connectivity index (χ2v) is 1.43. The summed E-state index contributed by atoms with van der Waals surface area (Å²) >= 11 is 0. The van der Waals surface area contributed by atoms with Crippen molar-refractivity contribution in [3.63, 3.8) is 0 Å². The fourth-order valence-electron chi connectivity index (χ4n) is 0.193. The molecular formula is C4H8N2O3. The van der Waals surface area contributed by atoms with E-state index >= 15 is 0 Å². The second kappa shape index (κ2) is 2.47. The maximum Gasteiger partial charge on any atom is 0.508 e. The lowest BCUT2D eigenvalue weighted by Gasteiger charge is -2.16. The van der Waals surface area contributed by atoms with E-state index in [2.05, 4.69) is 11.3 Å². The highest BCUT2D eigenvalue weighted by molar-refractivity contribution is 5.57. The normalized spacial score (nSPS) is 10.4. The summed E-state index contributed by atoms with van der Waals surface area (Å²) in [5, 5.41) is 7.95. The van der Waals surface area contributed by atoms with E-state index in [4.69, 9.17) is 16.6 Å². The van der Waals surface area contributed by atoms with Crippen LogP contribution in [0.25, 0.3) is 0 Å². The predicted molar refractivity (Wildman–Crippen MR) is 30.4 cm³/mol. The molecule has 0 aromatic heterocycles. The Balaban J connectivity index is 3.86. The van der Waals surface area contributed by atoms with Crippen LogP contribution in [-0.2, 0) is 4.74 Å². The Morgan fingerprint density at radius 2 is 2.22 bits per heavy atom. The van der Waals surface area contributed by atoms with Crippen LogP contribution < -0.4 is 11.5 Å². The van der Waals surface area contributed by atoms with Crippen LogP contribution in [0.5, 0.6) is 0 Å². The van der Waals surface area contributed by atoms with Gasteiger partial charge in [0.05, 0.1) is 0 Å². The molecule has 0 atom stereocenters. The van der Waals surface area contributed by atoms with Crippen LogP contribution in [0.15, 0.2) is 12.7 Å². The minimum atomic E-state index is -1.77. The van der Waals surface area contributed by atoms with Crippen molar-refractivity contribution in [1.29, 1.82) is 0 Å². The molecule has 0 aromatic carbocycles. The van der Waals surface area contributed by atoms with Gasteiger partial charge in [-0.1, -0.05) is 6.58 Å². The second-order valence-electron chi connectivity index (χ2n) is 1.43. The van der Waals surface area contributed by atoms with E-state index in [9.17, 15) is 4.79 Å². The minimum Gasteiger partial charge on any atom is -0.450 e. The third kappa shape index (κ3) is 3.51. The van der Waals surface area contributed by atoms with Crippen LogP contribution in [0.2, 0.25) is 0 Å². The lowest BCUT2D eigenvalue weighted by Crippen LogP contribution is -2.50. The monoisotopic (exact) mass is 132 g/mol. The topological polar surface area (TPSA) is 98.6 Å². The quantitative estimate of drug-likeness (QED) is 0.265. The number of nitrogens with two attached hydrogens (primary N) is 2. The molecule has 0 bridgehead atoms. The van der Waals surface area contributed by atoms with Crippen LogP contribution in [0.4, 0.5) is 4.79 Å². The largest absolute Gasteiger partial charge is 0.508 e. The Morgan fingerprint density at radius 1 is 1.78 bits per heavy atom. The molecule has 0 spiro atoms. The van der Waals surface area contributed by atoms with Crippen molar-refractivity contribution < 1.29 is 14.6 Å². The van der Waals surface area contributed by atoms with Gasteiger partial charge < -0.3 is 9.84 Å². The highest BCUT2D eigenvalue weighted by Gasteiger charge is 2.18. The van der Waals surface area contributed by atoms with Crippen LogP contribution in [0.1, 0.15) is 0 Å². The fraction of sp³-hybridized carbons (Fsp3) is 0.250. The van der Waals surface area contributed by atoms with Gasteiger partial charge in [-0.2, -0.15) is 0 Å². The molecule has 0 aliphatic rings. The van der Waals surface area contributed by atoms with E-state index in [0.717, 1.165) is 6.08 Å². The molecule has 0 aliphatic carbocycles. The van der Waals surface area contributed by atoms with E-state index in [-0.39, 0.29) is 0 Å². The first-order chi connectivity index (χ1) is 3.98. The molecule has 0 amide bonds. The smallest absolute Gasteiger partial charge is 0.450 e. The van der Waals surface area contributed by atoms with Gasteiger partial charge in [0.25, 0.3) is 0 Å². The molecule has 0 aliphatic heterocycles. The van der Waals surface area contributed by atoms with Crippen LogP contribution >= 0.6 is 0 Å². The van der Waals surface area contributed by atoms with Gasteiger partial charge in [0.1, 0.15) is 0 Å². The summed E-state index contributed by atoms with van der Waals surface area (Å²) < 4.78 is 3.94. The Hall–Kier alpha value is -1.07. The summed E-state index contributed by atoms with van der Waals surface area (Å²) in [5.41, 5.74) is 9.95. The summed E-state index contributed by atoms with van der Waals surface area (Å²) in [6.07, 6.45) is -0.541. The first-order valence-electron chi connectivity index (χ1n) is 2.11. The molecule has 0 saturated carbocycles. The molecule has 0 unspecified atom stereocenters. The Bertz CT molecular complexity index is 132. The van der Waals surface area contributed by atoms with E-state index in [1.165, 1.54) is 0 Å². The number of hydrogen-bond donors (Lipinski definition) is 3. The third-order valence-corrected chi connectivity index (χ3v) is 0.583. The van der Waals surface area contributed by atoms with Crippen molar-refractivity contribution in [2.75, 3.05) is 0 Å². The van der Waals surface area contributed by atoms with E-state index in [1.54, 1.807) is 0 Å². The molecule has 5 nitrogen and oxygen atoms in total. The van der Waals surface area contributed by atoms with Crippen molar-refractivity contribution in [2.45, 2.75) is 5.85 Å². The van der Waals surface area contributed by atoms with Crippen LogP contribution in [-0.4, -0.2) is 17.1 Å². The number of ether oxygens (including phenoxy) is 1. The van der Waals surface area contributed by atoms with E-state index in [1.807, 2.05) is 0 Å². The first-order valence-corrected chi connectivity index (χ1v) is 2.11. The van der Waals surface area contributed by atoms with Gasteiger partial charge >= 0.3 is 6.16 Å². The van der Waals surface area contributed by atoms with Gasteiger partial charge in [0.15, 0.2) is 0 Å². The summed E-state index contributed by atoms with van der Waals surface area (Å²) in [6, 6.07) is 0. The molecule has 0 saturated heterocycles. The Labute approximate surface area is 51.9 Å². The number of hydrogen-bond acceptors (Lipinski definition) is 4. The molecule has 0 rings (SSSR count). The van der Waals surface area contributed by atoms with Crippen LogP contribution in [0, 0.1) is 0 Å². The molecule has 9 heavy (non-hydrogen) atoms.